The maximum atomic E-state index is 9.08. The van der Waals surface area contributed by atoms with Crippen LogP contribution in [0, 0.1) is 11.3 Å². The lowest BCUT2D eigenvalue weighted by molar-refractivity contribution is 0.417. The number of imidazole rings is 1. The number of hydrogen-bond donors (Lipinski definition) is 1. The minimum Gasteiger partial charge on any atom is -0.494 e. The van der Waals surface area contributed by atoms with Crippen molar-refractivity contribution in [2.75, 3.05) is 12.8 Å². The van der Waals surface area contributed by atoms with Crippen LogP contribution >= 0.6 is 15.9 Å². The van der Waals surface area contributed by atoms with Crippen molar-refractivity contribution in [3.63, 3.8) is 0 Å². The second-order valence-electron chi connectivity index (χ2n) is 4.84. The molecule has 2 N–H and O–H groups in total. The number of nitrogens with zero attached hydrogens (tertiary/aromatic N) is 3. The van der Waals surface area contributed by atoms with E-state index in [2.05, 4.69) is 27.0 Å². The molecule has 0 bridgehead atoms. The Morgan fingerprint density at radius 1 is 1.32 bits per heavy atom. The van der Waals surface area contributed by atoms with E-state index in [1.54, 1.807) is 19.2 Å². The largest absolute Gasteiger partial charge is 0.494 e. The molecule has 0 fully saturated rings. The van der Waals surface area contributed by atoms with Crippen molar-refractivity contribution in [2.24, 2.45) is 0 Å². The molecule has 0 unspecified atom stereocenters. The number of nitriles is 1. The molecule has 0 aliphatic carbocycles. The van der Waals surface area contributed by atoms with Crippen molar-refractivity contribution in [1.29, 1.82) is 5.26 Å². The van der Waals surface area contributed by atoms with Crippen LogP contribution in [-0.4, -0.2) is 16.7 Å². The Bertz CT molecular complexity index is 878. The van der Waals surface area contributed by atoms with Gasteiger partial charge in [-0.3, -0.25) is 0 Å². The number of aromatic nitrogens is 2. The van der Waals surface area contributed by atoms with Crippen molar-refractivity contribution in [3.8, 4) is 11.8 Å². The van der Waals surface area contributed by atoms with Crippen molar-refractivity contribution in [3.05, 3.63) is 52.0 Å². The quantitative estimate of drug-likeness (QED) is 0.780. The number of benzene rings is 2. The summed E-state index contributed by atoms with van der Waals surface area (Å²) >= 11 is 3.42. The average molecular weight is 357 g/mol. The number of halogens is 1. The van der Waals surface area contributed by atoms with Gasteiger partial charge in [0.15, 0.2) is 0 Å². The Morgan fingerprint density at radius 3 is 2.68 bits per heavy atom. The summed E-state index contributed by atoms with van der Waals surface area (Å²) < 4.78 is 8.32. The van der Waals surface area contributed by atoms with E-state index in [9.17, 15) is 0 Å². The first-order chi connectivity index (χ1) is 10.6. The Labute approximate surface area is 136 Å². The Morgan fingerprint density at radius 2 is 2.05 bits per heavy atom. The molecular formula is C16H13BrN4O. The topological polar surface area (TPSA) is 76.9 Å². The second-order valence-corrected chi connectivity index (χ2v) is 5.76. The van der Waals surface area contributed by atoms with Gasteiger partial charge in [-0.05, 0) is 23.8 Å². The third-order valence-corrected chi connectivity index (χ3v) is 3.97. The summed E-state index contributed by atoms with van der Waals surface area (Å²) in [6.45, 7) is 0.581. The number of ether oxygens (including phenoxy) is 1. The van der Waals surface area contributed by atoms with Crippen LogP contribution in [0.2, 0.25) is 0 Å². The van der Waals surface area contributed by atoms with Crippen LogP contribution in [0.5, 0.6) is 5.75 Å². The SMILES string of the molecule is COc1cc(C#N)cc2nc(N)n(Cc3ccc(Br)cc3)c12. The zero-order chi connectivity index (χ0) is 15.7. The molecule has 1 heterocycles. The molecule has 6 heteroatoms. The van der Waals surface area contributed by atoms with E-state index in [1.165, 1.54) is 0 Å². The van der Waals surface area contributed by atoms with Crippen molar-refractivity contribution in [1.82, 2.24) is 9.55 Å². The highest BCUT2D eigenvalue weighted by atomic mass is 79.9. The number of fused-ring (bicyclic) bond motifs is 1. The van der Waals surface area contributed by atoms with Crippen molar-refractivity contribution < 1.29 is 4.74 Å². The third-order valence-electron chi connectivity index (χ3n) is 3.44. The number of nitrogen functional groups attached to an aromatic ring is 1. The molecule has 0 amide bonds. The molecular weight excluding hydrogens is 344 g/mol. The predicted octanol–water partition coefficient (Wildman–Crippen LogP) is 3.31. The first-order valence-corrected chi connectivity index (χ1v) is 7.40. The summed E-state index contributed by atoms with van der Waals surface area (Å²) in [5.41, 5.74) is 9.10. The lowest BCUT2D eigenvalue weighted by atomic mass is 10.2. The van der Waals surface area contributed by atoms with Crippen LogP contribution in [0.3, 0.4) is 0 Å². The van der Waals surface area contributed by atoms with Gasteiger partial charge in [-0.25, -0.2) is 4.98 Å². The molecule has 0 saturated carbocycles. The highest BCUT2D eigenvalue weighted by Gasteiger charge is 2.15. The molecule has 1 aromatic heterocycles. The van der Waals surface area contributed by atoms with E-state index in [0.717, 1.165) is 15.6 Å². The number of nitrogens with two attached hydrogens (primary N) is 1. The first kappa shape index (κ1) is 14.4. The normalized spacial score (nSPS) is 10.6. The molecule has 22 heavy (non-hydrogen) atoms. The summed E-state index contributed by atoms with van der Waals surface area (Å²) in [7, 11) is 1.57. The standard InChI is InChI=1S/C16H13BrN4O/c1-22-14-7-11(8-18)6-13-15(14)21(16(19)20-13)9-10-2-4-12(17)5-3-10/h2-7H,9H2,1H3,(H2,19,20). The van der Waals surface area contributed by atoms with E-state index >= 15 is 0 Å². The number of hydrogen-bond acceptors (Lipinski definition) is 4. The minimum atomic E-state index is 0.395. The van der Waals surface area contributed by atoms with E-state index in [0.29, 0.717) is 29.3 Å². The van der Waals surface area contributed by atoms with Gasteiger partial charge < -0.3 is 15.0 Å². The smallest absolute Gasteiger partial charge is 0.201 e. The molecule has 5 nitrogen and oxygen atoms in total. The molecule has 3 aromatic rings. The lowest BCUT2D eigenvalue weighted by Crippen LogP contribution is -2.05. The van der Waals surface area contributed by atoms with Crippen molar-refractivity contribution in [2.45, 2.75) is 6.54 Å². The fourth-order valence-electron chi connectivity index (χ4n) is 2.40. The molecule has 0 atom stereocenters. The molecule has 0 aliphatic rings. The van der Waals surface area contributed by atoms with Gasteiger partial charge in [-0.15, -0.1) is 0 Å². The molecule has 3 rings (SSSR count). The average Bonchev–Trinajstić information content (AvgIpc) is 2.84. The highest BCUT2D eigenvalue weighted by Crippen LogP contribution is 2.30. The Hall–Kier alpha value is -2.52. The van der Waals surface area contributed by atoms with Gasteiger partial charge in [0.2, 0.25) is 5.95 Å². The van der Waals surface area contributed by atoms with E-state index in [1.807, 2.05) is 28.8 Å². The van der Waals surface area contributed by atoms with Gasteiger partial charge in [-0.1, -0.05) is 28.1 Å². The van der Waals surface area contributed by atoms with Gasteiger partial charge >= 0.3 is 0 Å². The van der Waals surface area contributed by atoms with E-state index < -0.39 is 0 Å². The number of rotatable bonds is 3. The fraction of sp³-hybridized carbons (Fsp3) is 0.125. The molecule has 0 radical (unpaired) electrons. The summed E-state index contributed by atoms with van der Waals surface area (Å²) in [5, 5.41) is 9.08. The van der Waals surface area contributed by atoms with Crippen LogP contribution in [0.25, 0.3) is 11.0 Å². The highest BCUT2D eigenvalue weighted by molar-refractivity contribution is 9.10. The Kier molecular flexibility index (Phi) is 3.73. The maximum Gasteiger partial charge on any atom is 0.201 e. The van der Waals surface area contributed by atoms with Gasteiger partial charge in [0, 0.05) is 10.5 Å². The molecule has 0 spiro atoms. The molecule has 0 saturated heterocycles. The van der Waals surface area contributed by atoms with Crippen molar-refractivity contribution >= 4 is 32.9 Å². The first-order valence-electron chi connectivity index (χ1n) is 6.60. The second kappa shape index (κ2) is 5.70. The number of methoxy groups -OCH3 is 1. The lowest BCUT2D eigenvalue weighted by Gasteiger charge is -2.10. The van der Waals surface area contributed by atoms with Crippen LogP contribution in [0.4, 0.5) is 5.95 Å². The zero-order valence-corrected chi connectivity index (χ0v) is 13.5. The molecule has 110 valence electrons. The van der Waals surface area contributed by atoms with E-state index in [4.69, 9.17) is 15.7 Å². The van der Waals surface area contributed by atoms with Crippen LogP contribution < -0.4 is 10.5 Å². The Balaban J connectivity index is 2.15. The predicted molar refractivity (Wildman–Crippen MR) is 88.7 cm³/mol. The van der Waals surface area contributed by atoms with E-state index in [-0.39, 0.29) is 0 Å². The van der Waals surface area contributed by atoms with Gasteiger partial charge in [0.25, 0.3) is 0 Å². The number of anilines is 1. The van der Waals surface area contributed by atoms with Gasteiger partial charge in [-0.2, -0.15) is 5.26 Å². The zero-order valence-electron chi connectivity index (χ0n) is 11.9. The summed E-state index contributed by atoms with van der Waals surface area (Å²) in [6.07, 6.45) is 0. The maximum absolute atomic E-state index is 9.08. The van der Waals surface area contributed by atoms with Crippen LogP contribution in [0.1, 0.15) is 11.1 Å². The fourth-order valence-corrected chi connectivity index (χ4v) is 2.66. The molecule has 0 aliphatic heterocycles. The molecule has 2 aromatic carbocycles. The minimum absolute atomic E-state index is 0.395. The van der Waals surface area contributed by atoms with Gasteiger partial charge in [0.1, 0.15) is 11.3 Å². The summed E-state index contributed by atoms with van der Waals surface area (Å²) in [6, 6.07) is 13.5. The monoisotopic (exact) mass is 356 g/mol. The van der Waals surface area contributed by atoms with Crippen LogP contribution in [0.15, 0.2) is 40.9 Å². The third kappa shape index (κ3) is 2.51. The van der Waals surface area contributed by atoms with Gasteiger partial charge in [0.05, 0.1) is 30.8 Å². The summed E-state index contributed by atoms with van der Waals surface area (Å²) in [5.74, 6) is 0.988. The van der Waals surface area contributed by atoms with Crippen LogP contribution in [-0.2, 0) is 6.54 Å². The summed E-state index contributed by atoms with van der Waals surface area (Å²) in [4.78, 5) is 4.34.